The molecule has 1 aromatic rings. The van der Waals surface area contributed by atoms with Gasteiger partial charge in [-0.3, -0.25) is 0 Å². The molecule has 1 aliphatic carbocycles. The number of anilines is 1. The molecule has 0 saturated heterocycles. The molecule has 0 aromatic heterocycles. The monoisotopic (exact) mass is 314 g/mol. The third kappa shape index (κ3) is 3.17. The van der Waals surface area contributed by atoms with Crippen LogP contribution in [0.3, 0.4) is 0 Å². The maximum Gasteiger partial charge on any atom is 0.337 e. The summed E-state index contributed by atoms with van der Waals surface area (Å²) in [4.78, 5) is 11.3. The first kappa shape index (κ1) is 15.7. The number of sulfonamides is 1. The summed E-state index contributed by atoms with van der Waals surface area (Å²) in [5.74, 6) is -1.20. The van der Waals surface area contributed by atoms with Crippen molar-refractivity contribution in [1.82, 2.24) is 4.31 Å². The maximum absolute atomic E-state index is 12.0. The second-order valence-corrected chi connectivity index (χ2v) is 7.42. The highest BCUT2D eigenvalue weighted by molar-refractivity contribution is 7.89. The van der Waals surface area contributed by atoms with Crippen LogP contribution in [-0.2, 0) is 10.0 Å². The number of benzene rings is 1. The quantitative estimate of drug-likeness (QED) is 0.733. The lowest BCUT2D eigenvalue weighted by Crippen LogP contribution is -2.39. The van der Waals surface area contributed by atoms with Crippen molar-refractivity contribution in [3.8, 4) is 0 Å². The Hall–Kier alpha value is -1.64. The molecule has 8 heteroatoms. The minimum absolute atomic E-state index is 0.00871. The van der Waals surface area contributed by atoms with E-state index in [4.69, 9.17) is 0 Å². The van der Waals surface area contributed by atoms with Crippen molar-refractivity contribution in [2.45, 2.75) is 29.9 Å². The average Bonchev–Trinajstić information content (AvgIpc) is 2.36. The van der Waals surface area contributed by atoms with E-state index >= 15 is 0 Å². The van der Waals surface area contributed by atoms with Gasteiger partial charge in [0.1, 0.15) is 0 Å². The van der Waals surface area contributed by atoms with Gasteiger partial charge in [-0.25, -0.2) is 17.5 Å². The molecule has 2 rings (SSSR count). The number of aliphatic hydroxyl groups is 1. The third-order valence-electron chi connectivity index (χ3n) is 3.47. The van der Waals surface area contributed by atoms with E-state index in [1.807, 2.05) is 0 Å². The molecule has 1 saturated carbocycles. The Labute approximate surface area is 123 Å². The number of carboxylic acids is 1. The number of nitrogens with zero attached hydrogens (tertiary/aromatic N) is 1. The van der Waals surface area contributed by atoms with Crippen molar-refractivity contribution in [3.63, 3.8) is 0 Å². The number of carbonyl (C=O) groups is 1. The summed E-state index contributed by atoms with van der Waals surface area (Å²) >= 11 is 0. The van der Waals surface area contributed by atoms with Gasteiger partial charge in [0, 0.05) is 25.8 Å². The average molecular weight is 314 g/mol. The SMILES string of the molecule is CN(C)S(=O)(=O)c1ccc(NC2CC(O)C2)c(C(=O)O)c1. The molecular formula is C13H18N2O5S. The Morgan fingerprint density at radius 2 is 1.95 bits per heavy atom. The van der Waals surface area contributed by atoms with Gasteiger partial charge in [-0.2, -0.15) is 0 Å². The van der Waals surface area contributed by atoms with E-state index in [1.54, 1.807) is 0 Å². The Balaban J connectivity index is 2.34. The van der Waals surface area contributed by atoms with Crippen LogP contribution >= 0.6 is 0 Å². The lowest BCUT2D eigenvalue weighted by molar-refractivity contribution is 0.0697. The first-order chi connectivity index (χ1) is 9.71. The second kappa shape index (κ2) is 5.63. The van der Waals surface area contributed by atoms with E-state index < -0.39 is 16.0 Å². The molecule has 3 N–H and O–H groups in total. The number of aromatic carboxylic acids is 1. The number of hydrogen-bond acceptors (Lipinski definition) is 5. The van der Waals surface area contributed by atoms with E-state index in [9.17, 15) is 23.4 Å². The van der Waals surface area contributed by atoms with Crippen LogP contribution in [0.4, 0.5) is 5.69 Å². The minimum Gasteiger partial charge on any atom is -0.478 e. The van der Waals surface area contributed by atoms with Crippen LogP contribution in [0, 0.1) is 0 Å². The normalized spacial score (nSPS) is 21.9. The molecule has 1 aliphatic rings. The van der Waals surface area contributed by atoms with Crippen LogP contribution in [0.25, 0.3) is 0 Å². The summed E-state index contributed by atoms with van der Waals surface area (Å²) in [5, 5.41) is 21.5. The smallest absolute Gasteiger partial charge is 0.337 e. The molecule has 0 spiro atoms. The van der Waals surface area contributed by atoms with Gasteiger partial charge < -0.3 is 15.5 Å². The summed E-state index contributed by atoms with van der Waals surface area (Å²) in [6.07, 6.45) is 0.748. The van der Waals surface area contributed by atoms with Gasteiger partial charge in [0.05, 0.1) is 16.6 Å². The lowest BCUT2D eigenvalue weighted by atomic mass is 9.89. The fourth-order valence-corrected chi connectivity index (χ4v) is 3.05. The Morgan fingerprint density at radius 3 is 2.43 bits per heavy atom. The van der Waals surface area contributed by atoms with Crippen molar-refractivity contribution in [2.75, 3.05) is 19.4 Å². The van der Waals surface area contributed by atoms with Crippen LogP contribution in [-0.4, -0.2) is 55.1 Å². The van der Waals surface area contributed by atoms with Crippen molar-refractivity contribution in [2.24, 2.45) is 0 Å². The predicted molar refractivity (Wildman–Crippen MR) is 76.9 cm³/mol. The molecule has 7 nitrogen and oxygen atoms in total. The van der Waals surface area contributed by atoms with E-state index in [1.165, 1.54) is 26.2 Å². The van der Waals surface area contributed by atoms with Crippen LogP contribution in [0.1, 0.15) is 23.2 Å². The fourth-order valence-electron chi connectivity index (χ4n) is 2.12. The Bertz CT molecular complexity index is 651. The number of carboxylic acid groups (broad SMARTS) is 1. The number of nitrogens with one attached hydrogen (secondary N) is 1. The van der Waals surface area contributed by atoms with Gasteiger partial charge in [0.25, 0.3) is 0 Å². The molecule has 0 amide bonds. The minimum atomic E-state index is -3.68. The van der Waals surface area contributed by atoms with Crippen LogP contribution in [0.2, 0.25) is 0 Å². The molecule has 1 aromatic carbocycles. The molecule has 0 atom stereocenters. The van der Waals surface area contributed by atoms with Crippen molar-refractivity contribution < 1.29 is 23.4 Å². The first-order valence-corrected chi connectivity index (χ1v) is 7.90. The largest absolute Gasteiger partial charge is 0.478 e. The maximum atomic E-state index is 12.0. The molecular weight excluding hydrogens is 296 g/mol. The second-order valence-electron chi connectivity index (χ2n) is 5.27. The fraction of sp³-hybridized carbons (Fsp3) is 0.462. The van der Waals surface area contributed by atoms with E-state index in [0.717, 1.165) is 10.4 Å². The van der Waals surface area contributed by atoms with Gasteiger partial charge in [-0.1, -0.05) is 0 Å². The van der Waals surface area contributed by atoms with Crippen molar-refractivity contribution in [1.29, 1.82) is 0 Å². The van der Waals surface area contributed by atoms with Crippen LogP contribution in [0.15, 0.2) is 23.1 Å². The van der Waals surface area contributed by atoms with E-state index in [2.05, 4.69) is 5.32 Å². The number of aliphatic hydroxyl groups excluding tert-OH is 1. The van der Waals surface area contributed by atoms with Crippen LogP contribution in [0.5, 0.6) is 0 Å². The van der Waals surface area contributed by atoms with Gasteiger partial charge in [-0.05, 0) is 31.0 Å². The number of hydrogen-bond donors (Lipinski definition) is 3. The summed E-state index contributed by atoms with van der Waals surface area (Å²) in [7, 11) is -0.903. The topological polar surface area (TPSA) is 107 Å². The molecule has 0 bridgehead atoms. The summed E-state index contributed by atoms with van der Waals surface area (Å²) in [6.45, 7) is 0. The number of rotatable bonds is 5. The van der Waals surface area contributed by atoms with Crippen molar-refractivity contribution >= 4 is 21.7 Å². The molecule has 21 heavy (non-hydrogen) atoms. The lowest BCUT2D eigenvalue weighted by Gasteiger charge is -2.33. The standard InChI is InChI=1S/C13H18N2O5S/c1-15(2)21(19,20)10-3-4-12(11(7-10)13(17)18)14-8-5-9(16)6-8/h3-4,7-9,14,16H,5-6H2,1-2H3,(H,17,18). The Morgan fingerprint density at radius 1 is 1.33 bits per heavy atom. The third-order valence-corrected chi connectivity index (χ3v) is 5.28. The molecule has 0 heterocycles. The van der Waals surface area contributed by atoms with Crippen LogP contribution < -0.4 is 5.32 Å². The molecule has 116 valence electrons. The van der Waals surface area contributed by atoms with E-state index in [-0.39, 0.29) is 22.6 Å². The van der Waals surface area contributed by atoms with Gasteiger partial charge in [0.15, 0.2) is 0 Å². The van der Waals surface area contributed by atoms with Crippen molar-refractivity contribution in [3.05, 3.63) is 23.8 Å². The molecule has 0 radical (unpaired) electrons. The molecule has 0 unspecified atom stereocenters. The zero-order chi connectivity index (χ0) is 15.8. The summed E-state index contributed by atoms with van der Waals surface area (Å²) in [6, 6.07) is 3.98. The molecule has 0 aliphatic heterocycles. The zero-order valence-corrected chi connectivity index (χ0v) is 12.6. The molecule has 1 fully saturated rings. The van der Waals surface area contributed by atoms with Gasteiger partial charge in [-0.15, -0.1) is 0 Å². The highest BCUT2D eigenvalue weighted by Gasteiger charge is 2.28. The zero-order valence-electron chi connectivity index (χ0n) is 11.8. The predicted octanol–water partition coefficient (Wildman–Crippen LogP) is 0.570. The highest BCUT2D eigenvalue weighted by Crippen LogP contribution is 2.28. The summed E-state index contributed by atoms with van der Waals surface area (Å²) in [5.41, 5.74) is 0.261. The van der Waals surface area contributed by atoms with Gasteiger partial charge in [0.2, 0.25) is 10.0 Å². The van der Waals surface area contributed by atoms with Gasteiger partial charge >= 0.3 is 5.97 Å². The summed E-state index contributed by atoms with van der Waals surface area (Å²) < 4.78 is 25.1. The Kier molecular flexibility index (Phi) is 4.22. The van der Waals surface area contributed by atoms with E-state index in [0.29, 0.717) is 18.5 Å². The highest BCUT2D eigenvalue weighted by atomic mass is 32.2. The first-order valence-electron chi connectivity index (χ1n) is 6.46.